The average molecular weight is 470 g/mol. The lowest BCUT2D eigenvalue weighted by Crippen LogP contribution is -2.31. The molecule has 1 saturated heterocycles. The van der Waals surface area contributed by atoms with Gasteiger partial charge in [-0.25, -0.2) is 0 Å². The minimum absolute atomic E-state index is 0.103. The van der Waals surface area contributed by atoms with E-state index in [0.717, 1.165) is 30.7 Å². The number of ether oxygens (including phenoxy) is 1. The van der Waals surface area contributed by atoms with Crippen molar-refractivity contribution in [1.29, 1.82) is 0 Å². The molecule has 1 N–H and O–H groups in total. The highest BCUT2D eigenvalue weighted by atomic mass is 35.5. The number of carbonyl (C=O) groups excluding carboxylic acids is 2. The second-order valence-corrected chi connectivity index (χ2v) is 8.99. The normalized spacial score (nSPS) is 16.3. The first kappa shape index (κ1) is 22.5. The van der Waals surface area contributed by atoms with Gasteiger partial charge in [0.2, 0.25) is 0 Å². The van der Waals surface area contributed by atoms with Gasteiger partial charge in [0.25, 0.3) is 11.8 Å². The van der Waals surface area contributed by atoms with Crippen LogP contribution in [0.1, 0.15) is 44.8 Å². The standard InChI is InChI=1S/C24H24ClN3O3S/c1-16-15-32-24(27-23(30)19-4-2-5-20(25)12-19)28(16)14-17-7-9-18(10-8-17)22(29)26-13-21-6-3-11-31-21/h2,4-5,7-10,12,15,21H,3,6,11,13-14H2,1H3,(H,26,29). The summed E-state index contributed by atoms with van der Waals surface area (Å²) in [5, 5.41) is 5.41. The average Bonchev–Trinajstić information content (AvgIpc) is 3.43. The fraction of sp³-hybridized carbons (Fsp3) is 0.292. The summed E-state index contributed by atoms with van der Waals surface area (Å²) in [6.07, 6.45) is 2.16. The van der Waals surface area contributed by atoms with Crippen molar-refractivity contribution in [1.82, 2.24) is 9.88 Å². The predicted molar refractivity (Wildman–Crippen MR) is 125 cm³/mol. The topological polar surface area (TPSA) is 72.7 Å². The van der Waals surface area contributed by atoms with Gasteiger partial charge >= 0.3 is 0 Å². The molecule has 0 bridgehead atoms. The van der Waals surface area contributed by atoms with Gasteiger partial charge < -0.3 is 14.6 Å². The Morgan fingerprint density at radius 3 is 2.75 bits per heavy atom. The fourth-order valence-electron chi connectivity index (χ4n) is 3.53. The quantitative estimate of drug-likeness (QED) is 0.587. The first-order valence-electron chi connectivity index (χ1n) is 10.5. The fourth-order valence-corrected chi connectivity index (χ4v) is 4.59. The van der Waals surface area contributed by atoms with Crippen molar-refractivity contribution < 1.29 is 14.3 Å². The van der Waals surface area contributed by atoms with Gasteiger partial charge in [-0.15, -0.1) is 11.3 Å². The maximum atomic E-state index is 12.6. The van der Waals surface area contributed by atoms with Crippen molar-refractivity contribution >= 4 is 34.8 Å². The van der Waals surface area contributed by atoms with E-state index in [1.165, 1.54) is 11.3 Å². The predicted octanol–water partition coefficient (Wildman–Crippen LogP) is 4.21. The molecule has 2 amide bonds. The van der Waals surface area contributed by atoms with Gasteiger partial charge in [0.05, 0.1) is 12.6 Å². The van der Waals surface area contributed by atoms with E-state index in [1.54, 1.807) is 24.3 Å². The number of nitrogens with zero attached hydrogens (tertiary/aromatic N) is 2. The van der Waals surface area contributed by atoms with E-state index in [9.17, 15) is 9.59 Å². The molecule has 2 aromatic carbocycles. The zero-order chi connectivity index (χ0) is 22.5. The first-order chi connectivity index (χ1) is 15.5. The van der Waals surface area contributed by atoms with Crippen molar-refractivity contribution in [3.05, 3.63) is 86.1 Å². The molecular formula is C24H24ClN3O3S. The number of aryl methyl sites for hydroxylation is 1. The molecule has 1 aliphatic rings. The van der Waals surface area contributed by atoms with Crippen molar-refractivity contribution in [3.63, 3.8) is 0 Å². The largest absolute Gasteiger partial charge is 0.376 e. The van der Waals surface area contributed by atoms with E-state index in [1.807, 2.05) is 41.1 Å². The number of amides is 2. The second kappa shape index (κ2) is 10.3. The molecule has 3 aromatic rings. The lowest BCUT2D eigenvalue weighted by molar-refractivity contribution is 0.0857. The molecule has 6 nitrogen and oxygen atoms in total. The van der Waals surface area contributed by atoms with E-state index in [-0.39, 0.29) is 17.9 Å². The summed E-state index contributed by atoms with van der Waals surface area (Å²) in [7, 11) is 0. The van der Waals surface area contributed by atoms with Crippen molar-refractivity contribution in [3.8, 4) is 0 Å². The third kappa shape index (κ3) is 5.54. The zero-order valence-electron chi connectivity index (χ0n) is 17.7. The molecule has 1 aromatic heterocycles. The molecule has 0 spiro atoms. The SMILES string of the molecule is Cc1csc(=NC(=O)c2cccc(Cl)c2)n1Cc1ccc(C(=O)NCC2CCCO2)cc1. The lowest BCUT2D eigenvalue weighted by Gasteiger charge is -2.11. The van der Waals surface area contributed by atoms with E-state index in [2.05, 4.69) is 10.3 Å². The van der Waals surface area contributed by atoms with Crippen LogP contribution >= 0.6 is 22.9 Å². The van der Waals surface area contributed by atoms with Gasteiger partial charge in [-0.3, -0.25) is 9.59 Å². The van der Waals surface area contributed by atoms with E-state index >= 15 is 0 Å². The zero-order valence-corrected chi connectivity index (χ0v) is 19.3. The number of halogens is 1. The van der Waals surface area contributed by atoms with E-state index in [4.69, 9.17) is 16.3 Å². The number of nitrogens with one attached hydrogen (secondary N) is 1. The van der Waals surface area contributed by atoms with Gasteiger partial charge in [0.1, 0.15) is 0 Å². The Balaban J connectivity index is 1.46. The highest BCUT2D eigenvalue weighted by Gasteiger charge is 2.16. The van der Waals surface area contributed by atoms with Crippen LogP contribution in [-0.2, 0) is 11.3 Å². The Morgan fingerprint density at radius 2 is 2.03 bits per heavy atom. The molecule has 0 radical (unpaired) electrons. The molecule has 1 atom stereocenters. The minimum atomic E-state index is -0.332. The molecule has 0 aliphatic carbocycles. The molecule has 8 heteroatoms. The van der Waals surface area contributed by atoms with Gasteiger partial charge in [0.15, 0.2) is 4.80 Å². The molecule has 1 fully saturated rings. The van der Waals surface area contributed by atoms with Gasteiger partial charge in [-0.2, -0.15) is 4.99 Å². The summed E-state index contributed by atoms with van der Waals surface area (Å²) in [5.74, 6) is -0.435. The Morgan fingerprint density at radius 1 is 1.22 bits per heavy atom. The molecule has 166 valence electrons. The van der Waals surface area contributed by atoms with Gasteiger partial charge in [-0.05, 0) is 55.7 Å². The van der Waals surface area contributed by atoms with Gasteiger partial charge in [0, 0.05) is 40.4 Å². The molecule has 0 saturated carbocycles. The number of hydrogen-bond donors (Lipinski definition) is 1. The summed E-state index contributed by atoms with van der Waals surface area (Å²) in [5.41, 5.74) is 3.08. The summed E-state index contributed by atoms with van der Waals surface area (Å²) < 4.78 is 7.53. The summed E-state index contributed by atoms with van der Waals surface area (Å²) in [6.45, 7) is 3.84. The third-order valence-corrected chi connectivity index (χ3v) is 6.55. The van der Waals surface area contributed by atoms with Crippen LogP contribution in [0.25, 0.3) is 0 Å². The molecular weight excluding hydrogens is 446 g/mol. The molecule has 2 heterocycles. The van der Waals surface area contributed by atoms with Crippen LogP contribution in [0.4, 0.5) is 0 Å². The Kier molecular flexibility index (Phi) is 7.19. The number of rotatable bonds is 6. The van der Waals surface area contributed by atoms with Crippen LogP contribution < -0.4 is 10.1 Å². The smallest absolute Gasteiger partial charge is 0.279 e. The first-order valence-corrected chi connectivity index (χ1v) is 11.7. The van der Waals surface area contributed by atoms with Crippen LogP contribution in [0.5, 0.6) is 0 Å². The Bertz CT molecular complexity index is 1180. The van der Waals surface area contributed by atoms with Gasteiger partial charge in [-0.1, -0.05) is 29.8 Å². The minimum Gasteiger partial charge on any atom is -0.376 e. The number of thiazole rings is 1. The van der Waals surface area contributed by atoms with E-state index < -0.39 is 0 Å². The van der Waals surface area contributed by atoms with Crippen molar-refractivity contribution in [2.24, 2.45) is 4.99 Å². The highest BCUT2D eigenvalue weighted by molar-refractivity contribution is 7.07. The second-order valence-electron chi connectivity index (χ2n) is 7.72. The molecule has 4 rings (SSSR count). The van der Waals surface area contributed by atoms with Crippen LogP contribution in [0.15, 0.2) is 58.9 Å². The lowest BCUT2D eigenvalue weighted by atomic mass is 10.1. The molecule has 1 unspecified atom stereocenters. The highest BCUT2D eigenvalue weighted by Crippen LogP contribution is 2.13. The third-order valence-electron chi connectivity index (χ3n) is 5.33. The maximum absolute atomic E-state index is 12.6. The monoisotopic (exact) mass is 469 g/mol. The number of aromatic nitrogens is 1. The van der Waals surface area contributed by atoms with Crippen LogP contribution in [0, 0.1) is 6.92 Å². The summed E-state index contributed by atoms with van der Waals surface area (Å²) >= 11 is 7.41. The van der Waals surface area contributed by atoms with Crippen LogP contribution in [-0.4, -0.2) is 35.6 Å². The number of carbonyl (C=O) groups is 2. The number of benzene rings is 2. The summed E-state index contributed by atoms with van der Waals surface area (Å²) in [4.78, 5) is 29.9. The van der Waals surface area contributed by atoms with Crippen molar-refractivity contribution in [2.75, 3.05) is 13.2 Å². The summed E-state index contributed by atoms with van der Waals surface area (Å²) in [6, 6.07) is 14.2. The Labute approximate surface area is 195 Å². The molecule has 1 aliphatic heterocycles. The number of hydrogen-bond acceptors (Lipinski definition) is 4. The Hall–Kier alpha value is -2.74. The van der Waals surface area contributed by atoms with Crippen LogP contribution in [0.2, 0.25) is 5.02 Å². The van der Waals surface area contributed by atoms with Crippen LogP contribution in [0.3, 0.4) is 0 Å². The van der Waals surface area contributed by atoms with Crippen molar-refractivity contribution in [2.45, 2.75) is 32.4 Å². The molecule has 32 heavy (non-hydrogen) atoms. The van der Waals surface area contributed by atoms with E-state index in [0.29, 0.717) is 34.0 Å². The maximum Gasteiger partial charge on any atom is 0.279 e.